The second-order valence-electron chi connectivity index (χ2n) is 4.24. The first kappa shape index (κ1) is 11.9. The van der Waals surface area contributed by atoms with Crippen molar-refractivity contribution in [3.63, 3.8) is 0 Å². The number of para-hydroxylation sites is 2. The third kappa shape index (κ3) is 2.24. The molecule has 2 heterocycles. The third-order valence-corrected chi connectivity index (χ3v) is 3.35. The van der Waals surface area contributed by atoms with Crippen LogP contribution in [0.4, 0.5) is 0 Å². The van der Waals surface area contributed by atoms with E-state index in [0.29, 0.717) is 12.4 Å². The van der Waals surface area contributed by atoms with Crippen LogP contribution < -0.4 is 4.74 Å². The Hall–Kier alpha value is -2.14. The molecule has 1 N–H and O–H groups in total. The number of pyridine rings is 1. The van der Waals surface area contributed by atoms with Gasteiger partial charge in [-0.2, -0.15) is 0 Å². The minimum Gasteiger partial charge on any atom is -0.481 e. The van der Waals surface area contributed by atoms with E-state index in [1.165, 1.54) is 0 Å². The van der Waals surface area contributed by atoms with E-state index in [4.69, 9.17) is 17.0 Å². The van der Waals surface area contributed by atoms with Crippen molar-refractivity contribution in [2.24, 2.45) is 0 Å². The van der Waals surface area contributed by atoms with Gasteiger partial charge in [0.2, 0.25) is 5.88 Å². The van der Waals surface area contributed by atoms with Gasteiger partial charge in [0, 0.05) is 12.3 Å². The van der Waals surface area contributed by atoms with Crippen molar-refractivity contribution in [3.05, 3.63) is 52.9 Å². The molecule has 19 heavy (non-hydrogen) atoms. The molecule has 0 unspecified atom stereocenters. The van der Waals surface area contributed by atoms with Crippen molar-refractivity contribution in [1.82, 2.24) is 14.5 Å². The van der Waals surface area contributed by atoms with E-state index in [9.17, 15) is 0 Å². The first-order valence-corrected chi connectivity index (χ1v) is 6.35. The number of ether oxygens (including phenoxy) is 1. The van der Waals surface area contributed by atoms with Crippen LogP contribution in [-0.2, 0) is 6.54 Å². The van der Waals surface area contributed by atoms with Crippen LogP contribution in [0.2, 0.25) is 0 Å². The van der Waals surface area contributed by atoms with Gasteiger partial charge in [-0.3, -0.25) is 0 Å². The zero-order chi connectivity index (χ0) is 13.2. The molecule has 3 rings (SSSR count). The van der Waals surface area contributed by atoms with Crippen LogP contribution >= 0.6 is 12.2 Å². The number of fused-ring (bicyclic) bond motifs is 1. The molecule has 0 saturated heterocycles. The summed E-state index contributed by atoms with van der Waals surface area (Å²) < 4.78 is 7.84. The number of aromatic nitrogens is 3. The number of hydrogen-bond donors (Lipinski definition) is 1. The molecule has 96 valence electrons. The van der Waals surface area contributed by atoms with Gasteiger partial charge in [-0.05, 0) is 29.9 Å². The zero-order valence-corrected chi connectivity index (χ0v) is 11.3. The number of rotatable bonds is 3. The number of aromatic amines is 1. The Labute approximate surface area is 115 Å². The lowest BCUT2D eigenvalue weighted by Crippen LogP contribution is -2.00. The highest BCUT2D eigenvalue weighted by Crippen LogP contribution is 2.16. The summed E-state index contributed by atoms with van der Waals surface area (Å²) in [6, 6.07) is 11.9. The molecule has 0 bridgehead atoms. The van der Waals surface area contributed by atoms with Crippen molar-refractivity contribution >= 4 is 23.3 Å². The molecule has 4 nitrogen and oxygen atoms in total. The Balaban J connectivity index is 2.00. The number of H-pyrrole nitrogens is 1. The van der Waals surface area contributed by atoms with Gasteiger partial charge < -0.3 is 14.3 Å². The molecule has 0 amide bonds. The third-order valence-electron chi connectivity index (χ3n) is 3.03. The van der Waals surface area contributed by atoms with E-state index in [-0.39, 0.29) is 0 Å². The van der Waals surface area contributed by atoms with Crippen molar-refractivity contribution in [1.29, 1.82) is 0 Å². The van der Waals surface area contributed by atoms with Crippen molar-refractivity contribution < 1.29 is 4.74 Å². The highest BCUT2D eigenvalue weighted by atomic mass is 32.1. The van der Waals surface area contributed by atoms with Crippen molar-refractivity contribution in [3.8, 4) is 5.88 Å². The first-order valence-electron chi connectivity index (χ1n) is 5.94. The van der Waals surface area contributed by atoms with E-state index in [2.05, 4.69) is 20.6 Å². The molecule has 3 aromatic rings. The summed E-state index contributed by atoms with van der Waals surface area (Å²) in [5.74, 6) is 0.617. The minimum absolute atomic E-state index is 0.617. The van der Waals surface area contributed by atoms with Crippen LogP contribution in [0.25, 0.3) is 11.0 Å². The maximum Gasteiger partial charge on any atom is 0.212 e. The van der Waals surface area contributed by atoms with Gasteiger partial charge in [0.05, 0.1) is 24.7 Å². The molecule has 0 spiro atoms. The van der Waals surface area contributed by atoms with Gasteiger partial charge in [0.1, 0.15) is 0 Å². The largest absolute Gasteiger partial charge is 0.481 e. The number of imidazole rings is 1. The molecule has 1 aromatic carbocycles. The maximum atomic E-state index is 5.36. The normalized spacial score (nSPS) is 10.8. The standard InChI is InChI=1S/C14H13N3OS/c1-18-13-7-6-10(8-15-13)9-17-12-5-3-2-4-11(12)16-14(17)19/h2-8H,9H2,1H3,(H,16,19). The molecule has 0 aliphatic carbocycles. The van der Waals surface area contributed by atoms with Gasteiger partial charge in [0.25, 0.3) is 0 Å². The van der Waals surface area contributed by atoms with Crippen LogP contribution in [0.3, 0.4) is 0 Å². The Bertz CT molecular complexity index is 758. The molecule has 5 heteroatoms. The number of nitrogens with one attached hydrogen (secondary N) is 1. The predicted molar refractivity (Wildman–Crippen MR) is 77.0 cm³/mol. The lowest BCUT2D eigenvalue weighted by atomic mass is 10.2. The quantitative estimate of drug-likeness (QED) is 0.744. The second-order valence-corrected chi connectivity index (χ2v) is 4.63. The monoisotopic (exact) mass is 271 g/mol. The topological polar surface area (TPSA) is 42.8 Å². The number of methoxy groups -OCH3 is 1. The average molecular weight is 271 g/mol. The van der Waals surface area contributed by atoms with Crippen LogP contribution in [-0.4, -0.2) is 21.6 Å². The highest BCUT2D eigenvalue weighted by Gasteiger charge is 2.04. The fourth-order valence-electron chi connectivity index (χ4n) is 2.07. The van der Waals surface area contributed by atoms with E-state index < -0.39 is 0 Å². The SMILES string of the molecule is COc1ccc(Cn2c(=S)[nH]c3ccccc32)cn1. The molecule has 0 aliphatic heterocycles. The molecule has 0 fully saturated rings. The lowest BCUT2D eigenvalue weighted by molar-refractivity contribution is 0.397. The highest BCUT2D eigenvalue weighted by molar-refractivity contribution is 7.71. The molecular weight excluding hydrogens is 258 g/mol. The number of benzene rings is 1. The molecular formula is C14H13N3OS. The second kappa shape index (κ2) is 4.85. The van der Waals surface area contributed by atoms with Gasteiger partial charge in [0.15, 0.2) is 4.77 Å². The maximum absolute atomic E-state index is 5.36. The molecule has 0 atom stereocenters. The number of hydrogen-bond acceptors (Lipinski definition) is 3. The van der Waals surface area contributed by atoms with Gasteiger partial charge in [-0.1, -0.05) is 18.2 Å². The summed E-state index contributed by atoms with van der Waals surface area (Å²) in [5, 5.41) is 0. The smallest absolute Gasteiger partial charge is 0.212 e. The van der Waals surface area contributed by atoms with E-state index in [1.807, 2.05) is 36.5 Å². The van der Waals surface area contributed by atoms with Crippen LogP contribution in [0.15, 0.2) is 42.6 Å². The lowest BCUT2D eigenvalue weighted by Gasteiger charge is -2.05. The van der Waals surface area contributed by atoms with Crippen LogP contribution in [0.1, 0.15) is 5.56 Å². The van der Waals surface area contributed by atoms with Crippen LogP contribution in [0, 0.1) is 4.77 Å². The molecule has 0 saturated carbocycles. The van der Waals surface area contributed by atoms with E-state index in [1.54, 1.807) is 7.11 Å². The van der Waals surface area contributed by atoms with Gasteiger partial charge in [-0.15, -0.1) is 0 Å². The number of nitrogens with zero attached hydrogens (tertiary/aromatic N) is 2. The van der Waals surface area contributed by atoms with Gasteiger partial charge >= 0.3 is 0 Å². The van der Waals surface area contributed by atoms with Crippen LogP contribution in [0.5, 0.6) is 5.88 Å². The fraction of sp³-hybridized carbons (Fsp3) is 0.143. The Morgan fingerprint density at radius 3 is 2.84 bits per heavy atom. The Kier molecular flexibility index (Phi) is 3.05. The van der Waals surface area contributed by atoms with E-state index >= 15 is 0 Å². The summed E-state index contributed by atoms with van der Waals surface area (Å²) in [6.45, 7) is 0.694. The first-order chi connectivity index (χ1) is 9.28. The fourth-order valence-corrected chi connectivity index (χ4v) is 2.34. The summed E-state index contributed by atoms with van der Waals surface area (Å²) in [4.78, 5) is 7.41. The summed E-state index contributed by atoms with van der Waals surface area (Å²) in [7, 11) is 1.61. The predicted octanol–water partition coefficient (Wildman–Crippen LogP) is 3.15. The molecule has 0 radical (unpaired) electrons. The van der Waals surface area contributed by atoms with Gasteiger partial charge in [-0.25, -0.2) is 4.98 Å². The molecule has 2 aromatic heterocycles. The summed E-state index contributed by atoms with van der Waals surface area (Å²) in [5.41, 5.74) is 3.24. The minimum atomic E-state index is 0.617. The van der Waals surface area contributed by atoms with Crippen molar-refractivity contribution in [2.45, 2.75) is 6.54 Å². The summed E-state index contributed by atoms with van der Waals surface area (Å²) in [6.07, 6.45) is 1.81. The van der Waals surface area contributed by atoms with Crippen molar-refractivity contribution in [2.75, 3.05) is 7.11 Å². The summed E-state index contributed by atoms with van der Waals surface area (Å²) >= 11 is 5.36. The van der Waals surface area contributed by atoms with E-state index in [0.717, 1.165) is 21.4 Å². The average Bonchev–Trinajstić information content (AvgIpc) is 2.76. The molecule has 0 aliphatic rings. The Morgan fingerprint density at radius 2 is 2.11 bits per heavy atom. The Morgan fingerprint density at radius 1 is 1.26 bits per heavy atom. The zero-order valence-electron chi connectivity index (χ0n) is 10.5.